The normalized spacial score (nSPS) is 12.9. The molecule has 170 valence electrons. The minimum absolute atomic E-state index is 0.717. The summed E-state index contributed by atoms with van der Waals surface area (Å²) < 4.78 is 15.0. The third kappa shape index (κ3) is 3.44. The summed E-state index contributed by atoms with van der Waals surface area (Å²) in [5, 5.41) is 2.32. The third-order valence-corrected chi connectivity index (χ3v) is 6.36. The molecule has 35 heavy (non-hydrogen) atoms. The number of hydrogen-bond acceptors (Lipinski definition) is 2. The molecule has 1 aromatic heterocycles. The van der Waals surface area contributed by atoms with E-state index in [4.69, 9.17) is 9.47 Å². The van der Waals surface area contributed by atoms with Gasteiger partial charge in [0, 0.05) is 16.5 Å². The van der Waals surface area contributed by atoms with Crippen LogP contribution in [0.5, 0.6) is 23.0 Å². The van der Waals surface area contributed by atoms with Gasteiger partial charge in [0.1, 0.15) is 5.52 Å². The molecule has 0 radical (unpaired) electrons. The fourth-order valence-corrected chi connectivity index (χ4v) is 4.85. The van der Waals surface area contributed by atoms with Crippen molar-refractivity contribution in [1.29, 1.82) is 0 Å². The minimum atomic E-state index is 0.717. The van der Waals surface area contributed by atoms with E-state index in [0.29, 0.717) is 5.75 Å². The molecule has 2 heterocycles. The number of rotatable bonds is 4. The number of nitrogens with zero attached hydrogens (tertiary/aromatic N) is 1. The molecule has 0 aliphatic carbocycles. The Morgan fingerprint density at radius 3 is 2.46 bits per heavy atom. The van der Waals surface area contributed by atoms with Crippen LogP contribution in [0, 0.1) is 6.92 Å². The van der Waals surface area contributed by atoms with Gasteiger partial charge in [-0.15, -0.1) is 0 Å². The van der Waals surface area contributed by atoms with E-state index in [0.717, 1.165) is 50.5 Å². The van der Waals surface area contributed by atoms with E-state index in [1.807, 2.05) is 55.5 Å². The summed E-state index contributed by atoms with van der Waals surface area (Å²) in [7, 11) is 0. The molecule has 5 aromatic rings. The molecule has 0 saturated carbocycles. The molecule has 0 unspecified atom stereocenters. The molecule has 4 aromatic carbocycles. The Morgan fingerprint density at radius 1 is 0.829 bits per heavy atom. The summed E-state index contributed by atoms with van der Waals surface area (Å²) in [5.41, 5.74) is 6.62. The maximum atomic E-state index is 6.49. The van der Waals surface area contributed by atoms with Crippen molar-refractivity contribution in [3.63, 3.8) is 0 Å². The number of ether oxygens (including phenoxy) is 2. The number of aromatic nitrogens is 1. The second-order valence-corrected chi connectivity index (χ2v) is 8.70. The van der Waals surface area contributed by atoms with E-state index < -0.39 is 0 Å². The highest BCUT2D eigenvalue weighted by Crippen LogP contribution is 2.50. The standard InChI is InChI=1S/C32H25NO2/c1-4-9-22(10-5-2)23-11-8-12-24(20-23)33-27-17-15-21(3)19-26(27)25-16-18-30-32(31(25)33)35-29-14-7-6-13-28(29)34-30/h4-20H,1H2,2-3H3/b10-5-,22-9+. The van der Waals surface area contributed by atoms with Gasteiger partial charge in [0.25, 0.3) is 0 Å². The molecule has 0 fully saturated rings. The van der Waals surface area contributed by atoms with Gasteiger partial charge in [-0.05, 0) is 73.5 Å². The summed E-state index contributed by atoms with van der Waals surface area (Å²) in [5.74, 6) is 2.90. The van der Waals surface area contributed by atoms with Gasteiger partial charge in [-0.3, -0.25) is 0 Å². The Kier molecular flexibility index (Phi) is 5.04. The van der Waals surface area contributed by atoms with Crippen LogP contribution in [-0.4, -0.2) is 4.57 Å². The zero-order chi connectivity index (χ0) is 23.9. The predicted molar refractivity (Wildman–Crippen MR) is 145 cm³/mol. The zero-order valence-corrected chi connectivity index (χ0v) is 19.8. The summed E-state index contributed by atoms with van der Waals surface area (Å²) in [6, 6.07) is 27.1. The first-order chi connectivity index (χ1) is 17.2. The maximum absolute atomic E-state index is 6.49. The van der Waals surface area contributed by atoms with Crippen LogP contribution in [0.2, 0.25) is 0 Å². The lowest BCUT2D eigenvalue weighted by Gasteiger charge is -2.22. The van der Waals surface area contributed by atoms with E-state index >= 15 is 0 Å². The number of para-hydroxylation sites is 2. The zero-order valence-electron chi connectivity index (χ0n) is 19.8. The first kappa shape index (κ1) is 21.1. The summed E-state index contributed by atoms with van der Waals surface area (Å²) in [6.07, 6.45) is 8.00. The lowest BCUT2D eigenvalue weighted by molar-refractivity contribution is 0.362. The van der Waals surface area contributed by atoms with Crippen LogP contribution in [-0.2, 0) is 0 Å². The molecule has 0 bridgehead atoms. The third-order valence-electron chi connectivity index (χ3n) is 6.36. The van der Waals surface area contributed by atoms with Gasteiger partial charge in [0.2, 0.25) is 0 Å². The van der Waals surface area contributed by atoms with Crippen molar-refractivity contribution in [1.82, 2.24) is 4.57 Å². The molecule has 3 nitrogen and oxygen atoms in total. The smallest absolute Gasteiger partial charge is 0.194 e. The molecule has 0 atom stereocenters. The summed E-state index contributed by atoms with van der Waals surface area (Å²) in [6.45, 7) is 8.04. The van der Waals surface area contributed by atoms with E-state index in [-0.39, 0.29) is 0 Å². The number of allylic oxidation sites excluding steroid dienone is 5. The van der Waals surface area contributed by atoms with Crippen LogP contribution >= 0.6 is 0 Å². The average Bonchev–Trinajstić information content (AvgIpc) is 3.21. The quantitative estimate of drug-likeness (QED) is 0.247. The molecule has 0 N–H and O–H groups in total. The Morgan fingerprint density at radius 2 is 1.66 bits per heavy atom. The van der Waals surface area contributed by atoms with Gasteiger partial charge in [-0.25, -0.2) is 0 Å². The van der Waals surface area contributed by atoms with Gasteiger partial charge >= 0.3 is 0 Å². The minimum Gasteiger partial charge on any atom is -0.449 e. The molecule has 6 rings (SSSR count). The van der Waals surface area contributed by atoms with Gasteiger partial charge < -0.3 is 14.0 Å². The topological polar surface area (TPSA) is 23.4 Å². The molecule has 0 saturated heterocycles. The van der Waals surface area contributed by atoms with Crippen molar-refractivity contribution in [2.45, 2.75) is 13.8 Å². The number of aryl methyl sites for hydroxylation is 1. The highest BCUT2D eigenvalue weighted by atomic mass is 16.6. The fraction of sp³-hybridized carbons (Fsp3) is 0.0625. The second-order valence-electron chi connectivity index (χ2n) is 8.70. The monoisotopic (exact) mass is 455 g/mol. The van der Waals surface area contributed by atoms with Crippen molar-refractivity contribution in [2.24, 2.45) is 0 Å². The lowest BCUT2D eigenvalue weighted by atomic mass is 10.0. The van der Waals surface area contributed by atoms with Crippen molar-refractivity contribution >= 4 is 27.4 Å². The SMILES string of the molecule is C=C/C=C(\C=C/C)c1cccc(-n2c3ccc(C)cc3c3ccc4c(c32)Oc2ccccc2O4)c1. The van der Waals surface area contributed by atoms with Crippen molar-refractivity contribution in [3.8, 4) is 28.7 Å². The highest BCUT2D eigenvalue weighted by Gasteiger charge is 2.25. The van der Waals surface area contributed by atoms with Crippen molar-refractivity contribution < 1.29 is 9.47 Å². The van der Waals surface area contributed by atoms with E-state index in [2.05, 4.69) is 72.7 Å². The van der Waals surface area contributed by atoms with Crippen molar-refractivity contribution in [3.05, 3.63) is 121 Å². The Balaban J connectivity index is 1.66. The predicted octanol–water partition coefficient (Wildman–Crippen LogP) is 9.14. The Hall–Kier alpha value is -4.50. The molecular weight excluding hydrogens is 430 g/mol. The van der Waals surface area contributed by atoms with Gasteiger partial charge in [0.05, 0.1) is 5.52 Å². The van der Waals surface area contributed by atoms with Gasteiger partial charge in [-0.2, -0.15) is 0 Å². The first-order valence-electron chi connectivity index (χ1n) is 11.8. The largest absolute Gasteiger partial charge is 0.449 e. The summed E-state index contributed by atoms with van der Waals surface area (Å²) >= 11 is 0. The lowest BCUT2D eigenvalue weighted by Crippen LogP contribution is -2.02. The van der Waals surface area contributed by atoms with Crippen LogP contribution in [0.15, 0.2) is 110 Å². The van der Waals surface area contributed by atoms with Crippen molar-refractivity contribution in [2.75, 3.05) is 0 Å². The van der Waals surface area contributed by atoms with Crippen LogP contribution < -0.4 is 9.47 Å². The Labute approximate surface area is 204 Å². The number of hydrogen-bond donors (Lipinski definition) is 0. The van der Waals surface area contributed by atoms with E-state index in [1.165, 1.54) is 10.9 Å². The summed E-state index contributed by atoms with van der Waals surface area (Å²) in [4.78, 5) is 0. The molecule has 1 aliphatic heterocycles. The van der Waals surface area contributed by atoms with Crippen LogP contribution in [0.4, 0.5) is 0 Å². The van der Waals surface area contributed by atoms with Gasteiger partial charge in [-0.1, -0.05) is 66.8 Å². The number of benzene rings is 4. The first-order valence-corrected chi connectivity index (χ1v) is 11.8. The molecule has 1 aliphatic rings. The van der Waals surface area contributed by atoms with E-state index in [1.54, 1.807) is 0 Å². The van der Waals surface area contributed by atoms with E-state index in [9.17, 15) is 0 Å². The molecule has 3 heteroatoms. The molecule has 0 spiro atoms. The van der Waals surface area contributed by atoms with Crippen LogP contribution in [0.25, 0.3) is 33.1 Å². The van der Waals surface area contributed by atoms with Crippen LogP contribution in [0.3, 0.4) is 0 Å². The molecular formula is C32H25NO2. The van der Waals surface area contributed by atoms with Crippen LogP contribution in [0.1, 0.15) is 18.1 Å². The van der Waals surface area contributed by atoms with Gasteiger partial charge in [0.15, 0.2) is 23.0 Å². The highest BCUT2D eigenvalue weighted by molar-refractivity contribution is 6.12. The average molecular weight is 456 g/mol. The second kappa shape index (κ2) is 8.37. The number of fused-ring (bicyclic) bond motifs is 6. The molecule has 0 amide bonds. The fourth-order valence-electron chi connectivity index (χ4n) is 4.85. The maximum Gasteiger partial charge on any atom is 0.194 e. The Bertz CT molecular complexity index is 1680.